The van der Waals surface area contributed by atoms with Gasteiger partial charge in [-0.25, -0.2) is 4.79 Å². The Morgan fingerprint density at radius 1 is 1.43 bits per heavy atom. The molecule has 0 aromatic rings. The van der Waals surface area contributed by atoms with E-state index in [1.165, 1.54) is 0 Å². The normalized spacial score (nSPS) is 32.5. The van der Waals surface area contributed by atoms with E-state index in [-0.39, 0.29) is 31.9 Å². The molecule has 0 radical (unpaired) electrons. The van der Waals surface area contributed by atoms with Crippen molar-refractivity contribution in [2.24, 2.45) is 5.41 Å². The number of cyclic esters (lactones) is 1. The summed E-state index contributed by atoms with van der Waals surface area (Å²) in [5.74, 6) is -1.93. The summed E-state index contributed by atoms with van der Waals surface area (Å²) in [7, 11) is 0. The zero-order chi connectivity index (χ0) is 17.3. The van der Waals surface area contributed by atoms with Crippen LogP contribution in [0.1, 0.15) is 41.0 Å². The van der Waals surface area contributed by atoms with Crippen molar-refractivity contribution in [2.75, 3.05) is 19.8 Å². The monoisotopic (exact) mass is 330 g/mol. The van der Waals surface area contributed by atoms with Crippen LogP contribution in [-0.2, 0) is 33.3 Å². The summed E-state index contributed by atoms with van der Waals surface area (Å²) in [4.78, 5) is 23.9. The van der Waals surface area contributed by atoms with Gasteiger partial charge in [0.1, 0.15) is 19.3 Å². The van der Waals surface area contributed by atoms with Gasteiger partial charge in [-0.3, -0.25) is 4.79 Å². The average molecular weight is 330 g/mol. The molecule has 4 unspecified atom stereocenters. The maximum absolute atomic E-state index is 12.4. The van der Waals surface area contributed by atoms with Gasteiger partial charge in [-0.1, -0.05) is 6.92 Å². The van der Waals surface area contributed by atoms with Gasteiger partial charge >= 0.3 is 11.9 Å². The summed E-state index contributed by atoms with van der Waals surface area (Å²) < 4.78 is 27.1. The highest BCUT2D eigenvalue weighted by atomic mass is 16.8. The summed E-state index contributed by atoms with van der Waals surface area (Å²) in [5, 5.41) is 0. The molecule has 2 fully saturated rings. The third kappa shape index (κ3) is 4.02. The van der Waals surface area contributed by atoms with Crippen molar-refractivity contribution in [3.05, 3.63) is 0 Å². The van der Waals surface area contributed by atoms with Gasteiger partial charge in [0.05, 0.1) is 18.1 Å². The van der Waals surface area contributed by atoms with Crippen LogP contribution >= 0.6 is 0 Å². The first-order valence-electron chi connectivity index (χ1n) is 8.00. The van der Waals surface area contributed by atoms with Crippen LogP contribution < -0.4 is 0 Å². The second-order valence-electron chi connectivity index (χ2n) is 6.81. The lowest BCUT2D eigenvalue weighted by Crippen LogP contribution is -2.40. The van der Waals surface area contributed by atoms with Gasteiger partial charge in [-0.05, 0) is 34.1 Å². The molecule has 0 saturated carbocycles. The molecular formula is C16H26O7. The van der Waals surface area contributed by atoms with Gasteiger partial charge in [0.15, 0.2) is 6.10 Å². The third-order valence-electron chi connectivity index (χ3n) is 4.21. The second kappa shape index (κ2) is 6.75. The molecule has 23 heavy (non-hydrogen) atoms. The predicted octanol–water partition coefficient (Wildman–Crippen LogP) is 1.43. The zero-order valence-corrected chi connectivity index (χ0v) is 14.4. The Bertz CT molecular complexity index is 463. The quantitative estimate of drug-likeness (QED) is 0.653. The van der Waals surface area contributed by atoms with Crippen LogP contribution in [-0.4, -0.2) is 55.9 Å². The van der Waals surface area contributed by atoms with E-state index in [2.05, 4.69) is 0 Å². The molecule has 0 aliphatic carbocycles. The van der Waals surface area contributed by atoms with Crippen molar-refractivity contribution < 1.29 is 33.3 Å². The fourth-order valence-electron chi connectivity index (χ4n) is 2.42. The molecule has 132 valence electrons. The van der Waals surface area contributed by atoms with E-state index in [1.807, 2.05) is 27.7 Å². The lowest BCUT2D eigenvalue weighted by Gasteiger charge is -2.29. The number of rotatable bonds is 7. The van der Waals surface area contributed by atoms with E-state index in [0.717, 1.165) is 0 Å². The number of hydrogen-bond acceptors (Lipinski definition) is 7. The largest absolute Gasteiger partial charge is 0.461 e. The molecule has 2 aliphatic heterocycles. The summed E-state index contributed by atoms with van der Waals surface area (Å²) in [6.45, 7) is 9.58. The van der Waals surface area contributed by atoms with Crippen molar-refractivity contribution in [3.8, 4) is 0 Å². The van der Waals surface area contributed by atoms with Crippen molar-refractivity contribution in [1.82, 2.24) is 0 Å². The van der Waals surface area contributed by atoms with Crippen LogP contribution in [0.5, 0.6) is 0 Å². The Balaban J connectivity index is 1.89. The van der Waals surface area contributed by atoms with Crippen LogP contribution in [0.4, 0.5) is 0 Å². The van der Waals surface area contributed by atoms with Crippen molar-refractivity contribution >= 4 is 11.9 Å². The molecule has 0 bridgehead atoms. The van der Waals surface area contributed by atoms with Crippen molar-refractivity contribution in [3.63, 3.8) is 0 Å². The topological polar surface area (TPSA) is 80.3 Å². The fraction of sp³-hybridized carbons (Fsp3) is 0.875. The highest BCUT2D eigenvalue weighted by Gasteiger charge is 2.53. The molecule has 2 saturated heterocycles. The van der Waals surface area contributed by atoms with Gasteiger partial charge in [0, 0.05) is 0 Å². The molecule has 7 heteroatoms. The molecule has 0 aromatic heterocycles. The van der Waals surface area contributed by atoms with Crippen LogP contribution in [0.15, 0.2) is 0 Å². The lowest BCUT2D eigenvalue weighted by atomic mass is 9.89. The first-order valence-corrected chi connectivity index (χ1v) is 8.00. The molecule has 4 atom stereocenters. The first kappa shape index (κ1) is 18.2. The standard InChI is InChI=1S/C16H26O7/c1-6-15(4,8-20-10(2)3)14(18)21-9-16(5)22-11-7-19-13(17)12(11)23-16/h10-12H,6-9H2,1-5H3. The molecule has 2 aliphatic rings. The molecule has 2 rings (SSSR count). The predicted molar refractivity (Wildman–Crippen MR) is 79.6 cm³/mol. The second-order valence-corrected chi connectivity index (χ2v) is 6.81. The molecule has 0 aromatic carbocycles. The van der Waals surface area contributed by atoms with Gasteiger partial charge in [0.25, 0.3) is 0 Å². The number of hydrogen-bond donors (Lipinski definition) is 0. The van der Waals surface area contributed by atoms with E-state index in [0.29, 0.717) is 6.42 Å². The van der Waals surface area contributed by atoms with Crippen LogP contribution in [0, 0.1) is 5.41 Å². The number of carbonyl (C=O) groups excluding carboxylic acids is 2. The number of fused-ring (bicyclic) bond motifs is 1. The maximum atomic E-state index is 12.4. The number of carbonyl (C=O) groups is 2. The molecular weight excluding hydrogens is 304 g/mol. The minimum absolute atomic E-state index is 0.0399. The van der Waals surface area contributed by atoms with E-state index in [1.54, 1.807) is 6.92 Å². The highest BCUT2D eigenvalue weighted by molar-refractivity contribution is 5.78. The number of esters is 2. The van der Waals surface area contributed by atoms with Crippen LogP contribution in [0.25, 0.3) is 0 Å². The van der Waals surface area contributed by atoms with Gasteiger partial charge in [-0.2, -0.15) is 0 Å². The highest BCUT2D eigenvalue weighted by Crippen LogP contribution is 2.34. The smallest absolute Gasteiger partial charge is 0.338 e. The van der Waals surface area contributed by atoms with E-state index < -0.39 is 29.4 Å². The number of ether oxygens (including phenoxy) is 5. The third-order valence-corrected chi connectivity index (χ3v) is 4.21. The minimum Gasteiger partial charge on any atom is -0.461 e. The SMILES string of the molecule is CCC(C)(COC(C)C)C(=O)OCC1(C)OC2COC(=O)C2O1. The van der Waals surface area contributed by atoms with Crippen LogP contribution in [0.2, 0.25) is 0 Å². The Labute approximate surface area is 136 Å². The Morgan fingerprint density at radius 3 is 2.70 bits per heavy atom. The fourth-order valence-corrected chi connectivity index (χ4v) is 2.42. The maximum Gasteiger partial charge on any atom is 0.338 e. The first-order chi connectivity index (χ1) is 10.7. The summed E-state index contributed by atoms with van der Waals surface area (Å²) in [5.41, 5.74) is -0.728. The minimum atomic E-state index is -1.13. The molecule has 0 spiro atoms. The van der Waals surface area contributed by atoms with E-state index >= 15 is 0 Å². The Hall–Kier alpha value is -1.18. The molecule has 7 nitrogen and oxygen atoms in total. The molecule has 2 heterocycles. The summed E-state index contributed by atoms with van der Waals surface area (Å²) in [6.07, 6.45) is -0.541. The Kier molecular flexibility index (Phi) is 5.33. The average Bonchev–Trinajstić information content (AvgIpc) is 3.00. The zero-order valence-electron chi connectivity index (χ0n) is 14.4. The van der Waals surface area contributed by atoms with Crippen molar-refractivity contribution in [1.29, 1.82) is 0 Å². The molecule has 0 N–H and O–H groups in total. The lowest BCUT2D eigenvalue weighted by molar-refractivity contribution is -0.216. The van der Waals surface area contributed by atoms with Gasteiger partial charge in [0.2, 0.25) is 5.79 Å². The van der Waals surface area contributed by atoms with Gasteiger partial charge < -0.3 is 23.7 Å². The van der Waals surface area contributed by atoms with Gasteiger partial charge in [-0.15, -0.1) is 0 Å². The molecule has 0 amide bonds. The van der Waals surface area contributed by atoms with E-state index in [9.17, 15) is 9.59 Å². The van der Waals surface area contributed by atoms with Crippen LogP contribution in [0.3, 0.4) is 0 Å². The Morgan fingerprint density at radius 2 is 2.13 bits per heavy atom. The van der Waals surface area contributed by atoms with E-state index in [4.69, 9.17) is 23.7 Å². The van der Waals surface area contributed by atoms with Crippen molar-refractivity contribution in [2.45, 2.75) is 65.1 Å². The summed E-state index contributed by atoms with van der Waals surface area (Å²) in [6, 6.07) is 0. The summed E-state index contributed by atoms with van der Waals surface area (Å²) >= 11 is 0.